The molecule has 5 nitrogen and oxygen atoms in total. The molecule has 1 saturated heterocycles. The Morgan fingerprint density at radius 1 is 1.60 bits per heavy atom. The molecule has 2 atom stereocenters. The highest BCUT2D eigenvalue weighted by molar-refractivity contribution is 9.09. The molecule has 1 N–H and O–H groups in total. The maximum absolute atomic E-state index is 12.0. The Bertz CT molecular complexity index is 421. The Kier molecular flexibility index (Phi) is 2.87. The summed E-state index contributed by atoms with van der Waals surface area (Å²) in [6.07, 6.45) is 1.44. The minimum absolute atomic E-state index is 0.163. The van der Waals surface area contributed by atoms with Crippen LogP contribution in [0.5, 0.6) is 0 Å². The van der Waals surface area contributed by atoms with Gasteiger partial charge in [0.05, 0.1) is 6.20 Å². The second-order valence-electron chi connectivity index (χ2n) is 3.74. The fourth-order valence-corrected chi connectivity index (χ4v) is 3.78. The Hall–Kier alpha value is -0.400. The van der Waals surface area contributed by atoms with Crippen molar-refractivity contribution >= 4 is 26.0 Å². The molecular formula is C8H12BrN3O2S. The molecule has 0 amide bonds. The SMILES string of the molecule is CC1CN(S(=O)(=O)c2ccn[nH]2)CC1Br. The highest BCUT2D eigenvalue weighted by Gasteiger charge is 2.36. The first kappa shape index (κ1) is 11.1. The lowest BCUT2D eigenvalue weighted by atomic mass is 10.2. The van der Waals surface area contributed by atoms with Crippen LogP contribution in [0.25, 0.3) is 0 Å². The number of halogens is 1. The molecule has 1 aliphatic heterocycles. The number of aromatic nitrogens is 2. The molecule has 1 aliphatic rings. The molecule has 0 aliphatic carbocycles. The number of nitrogens with zero attached hydrogens (tertiary/aromatic N) is 2. The predicted molar refractivity (Wildman–Crippen MR) is 59.2 cm³/mol. The van der Waals surface area contributed by atoms with Gasteiger partial charge >= 0.3 is 0 Å². The van der Waals surface area contributed by atoms with Crippen molar-refractivity contribution in [3.63, 3.8) is 0 Å². The number of hydrogen-bond acceptors (Lipinski definition) is 3. The predicted octanol–water partition coefficient (Wildman–Crippen LogP) is 0.814. The minimum atomic E-state index is -3.38. The van der Waals surface area contributed by atoms with Gasteiger partial charge in [-0.15, -0.1) is 0 Å². The van der Waals surface area contributed by atoms with Gasteiger partial charge in [0.25, 0.3) is 10.0 Å². The number of sulfonamides is 1. The second kappa shape index (κ2) is 3.88. The maximum atomic E-state index is 12.0. The summed E-state index contributed by atoms with van der Waals surface area (Å²) in [5, 5.41) is 6.31. The topological polar surface area (TPSA) is 66.1 Å². The summed E-state index contributed by atoms with van der Waals surface area (Å²) >= 11 is 3.47. The van der Waals surface area contributed by atoms with E-state index in [9.17, 15) is 8.42 Å². The number of aromatic amines is 1. The summed E-state index contributed by atoms with van der Waals surface area (Å²) in [5.74, 6) is 0.336. The van der Waals surface area contributed by atoms with Crippen LogP contribution in [0, 0.1) is 5.92 Å². The molecule has 2 heterocycles. The summed E-state index contributed by atoms with van der Waals surface area (Å²) in [5.41, 5.74) is 0. The average Bonchev–Trinajstić information content (AvgIpc) is 2.77. The number of H-pyrrole nitrogens is 1. The van der Waals surface area contributed by atoms with Gasteiger partial charge in [0.15, 0.2) is 5.03 Å². The largest absolute Gasteiger partial charge is 0.266 e. The lowest BCUT2D eigenvalue weighted by Gasteiger charge is -2.13. The van der Waals surface area contributed by atoms with Gasteiger partial charge in [0.2, 0.25) is 0 Å². The Morgan fingerprint density at radius 3 is 2.80 bits per heavy atom. The van der Waals surface area contributed by atoms with Crippen molar-refractivity contribution in [3.05, 3.63) is 12.3 Å². The van der Waals surface area contributed by atoms with E-state index in [1.54, 1.807) is 0 Å². The summed E-state index contributed by atoms with van der Waals surface area (Å²) in [6, 6.07) is 1.47. The third-order valence-electron chi connectivity index (χ3n) is 2.58. The molecule has 0 radical (unpaired) electrons. The van der Waals surface area contributed by atoms with Crippen LogP contribution in [0.1, 0.15) is 6.92 Å². The summed E-state index contributed by atoms with van der Waals surface area (Å²) in [6.45, 7) is 3.10. The first-order chi connectivity index (χ1) is 7.01. The van der Waals surface area contributed by atoms with Crippen molar-refractivity contribution in [1.29, 1.82) is 0 Å². The lowest BCUT2D eigenvalue weighted by Crippen LogP contribution is -2.29. The molecule has 7 heteroatoms. The molecule has 0 saturated carbocycles. The van der Waals surface area contributed by atoms with E-state index >= 15 is 0 Å². The van der Waals surface area contributed by atoms with Gasteiger partial charge in [-0.1, -0.05) is 22.9 Å². The fraction of sp³-hybridized carbons (Fsp3) is 0.625. The van der Waals surface area contributed by atoms with Crippen LogP contribution < -0.4 is 0 Å². The third-order valence-corrected chi connectivity index (χ3v) is 5.53. The van der Waals surface area contributed by atoms with Gasteiger partial charge in [-0.3, -0.25) is 5.10 Å². The van der Waals surface area contributed by atoms with Gasteiger partial charge < -0.3 is 0 Å². The normalized spacial score (nSPS) is 28.4. The number of rotatable bonds is 2. The fourth-order valence-electron chi connectivity index (χ4n) is 1.61. The molecule has 0 spiro atoms. The van der Waals surface area contributed by atoms with Crippen molar-refractivity contribution in [1.82, 2.24) is 14.5 Å². The van der Waals surface area contributed by atoms with Crippen LogP contribution in [0.4, 0.5) is 0 Å². The highest BCUT2D eigenvalue weighted by atomic mass is 79.9. The zero-order chi connectivity index (χ0) is 11.1. The van der Waals surface area contributed by atoms with E-state index in [1.165, 1.54) is 16.6 Å². The Labute approximate surface area is 97.0 Å². The van der Waals surface area contributed by atoms with E-state index in [1.807, 2.05) is 6.92 Å². The van der Waals surface area contributed by atoms with Crippen molar-refractivity contribution < 1.29 is 8.42 Å². The van der Waals surface area contributed by atoms with E-state index in [-0.39, 0.29) is 9.85 Å². The molecule has 2 unspecified atom stereocenters. The number of hydrogen-bond donors (Lipinski definition) is 1. The molecule has 0 aromatic carbocycles. The van der Waals surface area contributed by atoms with Crippen LogP contribution in [-0.2, 0) is 10.0 Å². The summed E-state index contributed by atoms with van der Waals surface area (Å²) in [4.78, 5) is 0.232. The average molecular weight is 294 g/mol. The standard InChI is InChI=1S/C8H12BrN3O2S/c1-6-4-12(5-7(6)9)15(13,14)8-2-3-10-11-8/h2-3,6-7H,4-5H2,1H3,(H,10,11). The Morgan fingerprint density at radius 2 is 2.33 bits per heavy atom. The van der Waals surface area contributed by atoms with Crippen molar-refractivity contribution in [2.24, 2.45) is 5.92 Å². The van der Waals surface area contributed by atoms with E-state index in [0.29, 0.717) is 19.0 Å². The lowest BCUT2D eigenvalue weighted by molar-refractivity contribution is 0.461. The minimum Gasteiger partial charge on any atom is -0.266 e. The van der Waals surface area contributed by atoms with Gasteiger partial charge in [0, 0.05) is 17.9 Å². The molecule has 2 rings (SSSR count). The summed E-state index contributed by atoms with van der Waals surface area (Å²) < 4.78 is 25.5. The first-order valence-electron chi connectivity index (χ1n) is 4.65. The van der Waals surface area contributed by atoms with Gasteiger partial charge in [-0.25, -0.2) is 8.42 Å². The number of nitrogens with one attached hydrogen (secondary N) is 1. The van der Waals surface area contributed by atoms with Crippen molar-refractivity contribution in [2.75, 3.05) is 13.1 Å². The van der Waals surface area contributed by atoms with E-state index in [0.717, 1.165) is 0 Å². The van der Waals surface area contributed by atoms with Crippen molar-refractivity contribution in [3.8, 4) is 0 Å². The van der Waals surface area contributed by atoms with Crippen LogP contribution in [0.3, 0.4) is 0 Å². The molecule has 15 heavy (non-hydrogen) atoms. The van der Waals surface area contributed by atoms with Crippen LogP contribution >= 0.6 is 15.9 Å². The van der Waals surface area contributed by atoms with Crippen LogP contribution in [0.2, 0.25) is 0 Å². The van der Waals surface area contributed by atoms with Crippen LogP contribution in [0.15, 0.2) is 17.3 Å². The smallest absolute Gasteiger partial charge is 0.260 e. The van der Waals surface area contributed by atoms with Crippen molar-refractivity contribution in [2.45, 2.75) is 16.8 Å². The molecule has 1 fully saturated rings. The number of alkyl halides is 1. The molecule has 84 valence electrons. The molecular weight excluding hydrogens is 282 g/mol. The van der Waals surface area contributed by atoms with Gasteiger partial charge in [0.1, 0.15) is 0 Å². The third kappa shape index (κ3) is 1.95. The van der Waals surface area contributed by atoms with Gasteiger partial charge in [-0.2, -0.15) is 9.40 Å². The quantitative estimate of drug-likeness (QED) is 0.821. The zero-order valence-corrected chi connectivity index (χ0v) is 10.6. The zero-order valence-electron chi connectivity index (χ0n) is 8.22. The monoisotopic (exact) mass is 293 g/mol. The Balaban J connectivity index is 2.25. The van der Waals surface area contributed by atoms with E-state index in [4.69, 9.17) is 0 Å². The first-order valence-corrected chi connectivity index (χ1v) is 7.01. The van der Waals surface area contributed by atoms with E-state index in [2.05, 4.69) is 26.1 Å². The molecule has 1 aromatic rings. The van der Waals surface area contributed by atoms with Crippen LogP contribution in [-0.4, -0.2) is 40.8 Å². The highest BCUT2D eigenvalue weighted by Crippen LogP contribution is 2.27. The maximum Gasteiger partial charge on any atom is 0.260 e. The molecule has 0 bridgehead atoms. The summed E-state index contributed by atoms with van der Waals surface area (Å²) in [7, 11) is -3.38. The van der Waals surface area contributed by atoms with E-state index < -0.39 is 10.0 Å². The second-order valence-corrected chi connectivity index (χ2v) is 6.82. The van der Waals surface area contributed by atoms with Gasteiger partial charge in [-0.05, 0) is 12.0 Å². The molecule has 1 aromatic heterocycles.